The van der Waals surface area contributed by atoms with Gasteiger partial charge in [-0.3, -0.25) is 19.1 Å². The minimum absolute atomic E-state index is 0.0570. The van der Waals surface area contributed by atoms with E-state index in [1.165, 1.54) is 4.90 Å². The van der Waals surface area contributed by atoms with Crippen molar-refractivity contribution in [3.63, 3.8) is 0 Å². The summed E-state index contributed by atoms with van der Waals surface area (Å²) in [6.07, 6.45) is -5.66. The largest absolute Gasteiger partial charge is 0.507 e. The first-order chi connectivity index (χ1) is 25.2. The zero-order valence-corrected chi connectivity index (χ0v) is 30.9. The number of carbonyl (C=O) groups is 2. The summed E-state index contributed by atoms with van der Waals surface area (Å²) in [5.74, 6) is -1.56. The van der Waals surface area contributed by atoms with Gasteiger partial charge in [0.25, 0.3) is 5.91 Å². The van der Waals surface area contributed by atoms with Crippen LogP contribution in [-0.4, -0.2) is 85.0 Å². The number of ether oxygens (including phenoxy) is 1. The van der Waals surface area contributed by atoms with E-state index in [2.05, 4.69) is 4.98 Å². The summed E-state index contributed by atoms with van der Waals surface area (Å²) < 4.78 is 93.0. The van der Waals surface area contributed by atoms with Gasteiger partial charge in [-0.1, -0.05) is 31.5 Å². The molecule has 19 heteroatoms. The number of aliphatic hydroxyl groups is 1. The van der Waals surface area contributed by atoms with Crippen LogP contribution in [0.5, 0.6) is 11.5 Å². The number of carbonyl (C=O) groups excluding carboxylic acids is 2. The third kappa shape index (κ3) is 11.2. The summed E-state index contributed by atoms with van der Waals surface area (Å²) in [6.45, 7) is 2.63. The van der Waals surface area contributed by atoms with Crippen LogP contribution in [-0.2, 0) is 27.3 Å². The van der Waals surface area contributed by atoms with E-state index in [1.54, 1.807) is 29.2 Å². The molecule has 11 nitrogen and oxygen atoms in total. The molecule has 3 aromatic rings. The Hall–Kier alpha value is -3.70. The van der Waals surface area contributed by atoms with E-state index in [1.807, 2.05) is 6.92 Å². The molecule has 4 heterocycles. The van der Waals surface area contributed by atoms with Crippen molar-refractivity contribution in [2.24, 2.45) is 5.92 Å². The van der Waals surface area contributed by atoms with Crippen LogP contribution in [0.3, 0.4) is 0 Å². The zero-order valence-electron chi connectivity index (χ0n) is 29.2. The van der Waals surface area contributed by atoms with Crippen LogP contribution in [0.25, 0.3) is 0 Å². The average Bonchev–Trinajstić information content (AvgIpc) is 3.57. The summed E-state index contributed by atoms with van der Waals surface area (Å²) >= 11 is 0.481. The molecule has 0 spiro atoms. The van der Waals surface area contributed by atoms with E-state index in [0.29, 0.717) is 54.4 Å². The SMILES string of the molecule is CCCC1C(C(=O)N2CCC(O)(c3ccccc3OCCCP(=O)(O)O)CC2)CCCN1C(=O)c1ncccc1C(F)(F)F.Oc1csc(C(F)(F)F)c1. The van der Waals surface area contributed by atoms with Gasteiger partial charge in [-0.15, -0.1) is 11.3 Å². The van der Waals surface area contributed by atoms with Crippen LogP contribution in [0.4, 0.5) is 26.3 Å². The van der Waals surface area contributed by atoms with Crippen molar-refractivity contribution in [2.75, 3.05) is 32.4 Å². The van der Waals surface area contributed by atoms with Crippen LogP contribution in [0.2, 0.25) is 0 Å². The number of benzene rings is 1. The monoisotopic (exact) mass is 809 g/mol. The summed E-state index contributed by atoms with van der Waals surface area (Å²) in [5, 5.41) is 21.2. The van der Waals surface area contributed by atoms with Gasteiger partial charge in [-0.25, -0.2) is 0 Å². The predicted octanol–water partition coefficient (Wildman–Crippen LogP) is 7.05. The number of hydrogen-bond acceptors (Lipinski definition) is 8. The van der Waals surface area contributed by atoms with E-state index in [4.69, 9.17) is 19.6 Å². The number of likely N-dealkylation sites (tertiary alicyclic amines) is 2. The summed E-state index contributed by atoms with van der Waals surface area (Å²) in [5.41, 5.74) is -2.55. The van der Waals surface area contributed by atoms with Gasteiger partial charge in [-0.2, -0.15) is 26.3 Å². The second-order valence-electron chi connectivity index (χ2n) is 13.1. The topological polar surface area (TPSA) is 161 Å². The maximum Gasteiger partial charge on any atom is 0.425 e. The van der Waals surface area contributed by atoms with Crippen LogP contribution < -0.4 is 4.74 Å². The maximum atomic E-state index is 13.9. The number of aromatic hydroxyl groups is 1. The summed E-state index contributed by atoms with van der Waals surface area (Å²) in [7, 11) is -4.15. The number of thiophene rings is 1. The normalized spacial score (nSPS) is 19.1. The number of pyridine rings is 1. The summed E-state index contributed by atoms with van der Waals surface area (Å²) in [6, 6.07) is 8.98. The number of amides is 2. The van der Waals surface area contributed by atoms with Crippen LogP contribution in [0, 0.1) is 5.92 Å². The molecule has 2 fully saturated rings. The highest BCUT2D eigenvalue weighted by Gasteiger charge is 2.45. The first-order valence-corrected chi connectivity index (χ1v) is 19.9. The molecule has 2 aromatic heterocycles. The standard InChI is InChI=1S/C30H39F3N3O7P.C5H3F3OS/c1-2-8-24-21(9-6-16-36(24)28(38)26-23(30(31,32)33)11-5-15-34-26)27(37)35-17-13-29(39,14-18-35)22-10-3-4-12-25(22)43-19-7-20-44(40,41)42;6-5(7,8)4-1-3(9)2-10-4/h3-5,10-12,15,21,24,39H,2,6-9,13-14,16-20H2,1H3,(H2,40,41,42);1-2,9H. The molecule has 2 saturated heterocycles. The fourth-order valence-electron chi connectivity index (χ4n) is 6.70. The van der Waals surface area contributed by atoms with Crippen LogP contribution >= 0.6 is 18.9 Å². The maximum absolute atomic E-state index is 13.9. The number of piperidine rings is 2. The van der Waals surface area contributed by atoms with Gasteiger partial charge in [0.2, 0.25) is 5.91 Å². The molecule has 0 aliphatic carbocycles. The molecule has 54 heavy (non-hydrogen) atoms. The van der Waals surface area contributed by atoms with Crippen LogP contribution in [0.15, 0.2) is 54.0 Å². The Bertz CT molecular complexity index is 1780. The molecule has 5 rings (SSSR count). The number of rotatable bonds is 10. The van der Waals surface area contributed by atoms with Gasteiger partial charge in [0, 0.05) is 48.9 Å². The zero-order chi connectivity index (χ0) is 39.9. The van der Waals surface area contributed by atoms with E-state index in [-0.39, 0.29) is 63.3 Å². The van der Waals surface area contributed by atoms with Crippen molar-refractivity contribution < 1.29 is 65.2 Å². The molecule has 298 valence electrons. The Morgan fingerprint density at radius 1 is 1.04 bits per heavy atom. The van der Waals surface area contributed by atoms with E-state index in [0.717, 1.165) is 23.7 Å². The molecule has 2 unspecified atom stereocenters. The highest BCUT2D eigenvalue weighted by atomic mass is 32.1. The third-order valence-electron chi connectivity index (χ3n) is 9.26. The lowest BCUT2D eigenvalue weighted by Crippen LogP contribution is -2.55. The molecule has 2 aliphatic rings. The number of nitrogens with zero attached hydrogens (tertiary/aromatic N) is 3. The fourth-order valence-corrected chi connectivity index (χ4v) is 7.88. The van der Waals surface area contributed by atoms with E-state index >= 15 is 0 Å². The molecule has 0 radical (unpaired) electrons. The first-order valence-electron chi connectivity index (χ1n) is 17.2. The second kappa shape index (κ2) is 17.8. The number of aromatic nitrogens is 1. The minimum atomic E-state index is -4.75. The average molecular weight is 810 g/mol. The van der Waals surface area contributed by atoms with Crippen molar-refractivity contribution >= 4 is 30.7 Å². The predicted molar refractivity (Wildman–Crippen MR) is 186 cm³/mol. The summed E-state index contributed by atoms with van der Waals surface area (Å²) in [4.78, 5) is 51.5. The van der Waals surface area contributed by atoms with Crippen molar-refractivity contribution in [2.45, 2.75) is 75.9 Å². The Labute approximate surface area is 311 Å². The number of alkyl halides is 6. The van der Waals surface area contributed by atoms with Crippen LogP contribution in [0.1, 0.15) is 78.4 Å². The quantitative estimate of drug-likeness (QED) is 0.0956. The molecule has 1 aromatic carbocycles. The Morgan fingerprint density at radius 3 is 2.30 bits per heavy atom. The first kappa shape index (κ1) is 43.0. The minimum Gasteiger partial charge on any atom is -0.507 e. The lowest BCUT2D eigenvalue weighted by atomic mass is 9.81. The molecular weight excluding hydrogens is 767 g/mol. The molecule has 2 aliphatic heterocycles. The van der Waals surface area contributed by atoms with Gasteiger partial charge >= 0.3 is 19.9 Å². The van der Waals surface area contributed by atoms with Gasteiger partial charge in [0.05, 0.1) is 29.9 Å². The Morgan fingerprint density at radius 2 is 1.72 bits per heavy atom. The highest BCUT2D eigenvalue weighted by Crippen LogP contribution is 2.41. The molecule has 2 atom stereocenters. The van der Waals surface area contributed by atoms with Gasteiger partial charge < -0.3 is 34.5 Å². The smallest absolute Gasteiger partial charge is 0.425 e. The number of halogens is 6. The molecule has 0 bridgehead atoms. The number of para-hydroxylation sites is 1. The second-order valence-corrected chi connectivity index (χ2v) is 15.8. The lowest BCUT2D eigenvalue weighted by molar-refractivity contribution is -0.144. The van der Waals surface area contributed by atoms with Crippen molar-refractivity contribution in [1.82, 2.24) is 14.8 Å². The van der Waals surface area contributed by atoms with E-state index in [9.17, 15) is 45.6 Å². The molecule has 4 N–H and O–H groups in total. The highest BCUT2D eigenvalue weighted by molar-refractivity contribution is 7.51. The molecular formula is C35H42F6N3O8PS. The number of hydrogen-bond donors (Lipinski definition) is 4. The van der Waals surface area contributed by atoms with Gasteiger partial charge in [-0.05, 0) is 56.7 Å². The van der Waals surface area contributed by atoms with Crippen molar-refractivity contribution in [3.8, 4) is 11.5 Å². The van der Waals surface area contributed by atoms with Crippen molar-refractivity contribution in [3.05, 3.63) is 75.7 Å². The Balaban J connectivity index is 0.000000562. The Kier molecular flexibility index (Phi) is 14.2. The van der Waals surface area contributed by atoms with Crippen molar-refractivity contribution in [1.29, 1.82) is 0 Å². The van der Waals surface area contributed by atoms with Gasteiger partial charge in [0.1, 0.15) is 22.1 Å². The third-order valence-corrected chi connectivity index (χ3v) is 11.1. The van der Waals surface area contributed by atoms with Gasteiger partial charge in [0.15, 0.2) is 0 Å². The van der Waals surface area contributed by atoms with E-state index < -0.39 is 59.6 Å². The molecule has 2 amide bonds. The fraction of sp³-hybridized carbons (Fsp3) is 0.514. The lowest BCUT2D eigenvalue weighted by Gasteiger charge is -2.45. The molecule has 0 saturated carbocycles.